The summed E-state index contributed by atoms with van der Waals surface area (Å²) in [7, 11) is 0. The molecule has 0 aliphatic heterocycles. The van der Waals surface area contributed by atoms with Gasteiger partial charge in [0.1, 0.15) is 6.67 Å². The third-order valence-electron chi connectivity index (χ3n) is 2.67. The molecule has 2 N–H and O–H groups in total. The number of fused-ring (bicyclic) bond motifs is 1. The number of aromatic nitrogens is 4. The van der Waals surface area contributed by atoms with Crippen LogP contribution in [0.15, 0.2) is 36.7 Å². The summed E-state index contributed by atoms with van der Waals surface area (Å²) in [6.45, 7) is -0.507. The van der Waals surface area contributed by atoms with Gasteiger partial charge in [-0.1, -0.05) is 12.1 Å². The van der Waals surface area contributed by atoms with Crippen LogP contribution in [0.1, 0.15) is 5.56 Å². The molecule has 2 heterocycles. The highest BCUT2D eigenvalue weighted by Crippen LogP contribution is 2.19. The molecule has 0 aliphatic carbocycles. The Morgan fingerprint density at radius 1 is 1.28 bits per heavy atom. The van der Waals surface area contributed by atoms with Crippen molar-refractivity contribution in [3.63, 3.8) is 0 Å². The summed E-state index contributed by atoms with van der Waals surface area (Å²) in [5, 5.41) is 5.15. The van der Waals surface area contributed by atoms with E-state index >= 15 is 0 Å². The summed E-state index contributed by atoms with van der Waals surface area (Å²) in [4.78, 5) is 7.92. The van der Waals surface area contributed by atoms with Crippen LogP contribution in [0, 0.1) is 0 Å². The fourth-order valence-corrected chi connectivity index (χ4v) is 1.81. The second-order valence-electron chi connectivity index (χ2n) is 3.86. The Morgan fingerprint density at radius 3 is 2.94 bits per heavy atom. The molecule has 0 radical (unpaired) electrons. The van der Waals surface area contributed by atoms with Crippen LogP contribution in [0.25, 0.3) is 16.7 Å². The Kier molecular flexibility index (Phi) is 2.40. The van der Waals surface area contributed by atoms with Crippen LogP contribution in [0.2, 0.25) is 0 Å². The number of anilines is 1. The van der Waals surface area contributed by atoms with Gasteiger partial charge in [0, 0.05) is 17.6 Å². The van der Waals surface area contributed by atoms with E-state index in [0.717, 1.165) is 10.9 Å². The highest BCUT2D eigenvalue weighted by atomic mass is 19.1. The van der Waals surface area contributed by atoms with E-state index in [1.165, 1.54) is 0 Å². The molecule has 0 unspecified atom stereocenters. The van der Waals surface area contributed by atoms with Gasteiger partial charge in [0.25, 0.3) is 0 Å². The Hall–Kier alpha value is -2.50. The topological polar surface area (TPSA) is 69.6 Å². The first-order chi connectivity index (χ1) is 8.78. The lowest BCUT2D eigenvalue weighted by Crippen LogP contribution is -2.03. The van der Waals surface area contributed by atoms with E-state index in [-0.39, 0.29) is 5.95 Å². The molecule has 0 saturated carbocycles. The summed E-state index contributed by atoms with van der Waals surface area (Å²) in [5.74, 6) is 0.742. The lowest BCUT2D eigenvalue weighted by atomic mass is 10.2. The van der Waals surface area contributed by atoms with Gasteiger partial charge in [-0.15, -0.1) is 0 Å². The maximum atomic E-state index is 12.7. The second-order valence-corrected chi connectivity index (χ2v) is 3.86. The number of benzene rings is 1. The predicted octanol–water partition coefficient (Wildman–Crippen LogP) is 1.87. The van der Waals surface area contributed by atoms with Gasteiger partial charge in [0.15, 0.2) is 5.82 Å². The molecule has 2 aromatic heterocycles. The highest BCUT2D eigenvalue weighted by Gasteiger charge is 2.07. The van der Waals surface area contributed by atoms with Crippen LogP contribution >= 0.6 is 0 Å². The van der Waals surface area contributed by atoms with Crippen molar-refractivity contribution in [3.05, 3.63) is 42.2 Å². The normalized spacial score (nSPS) is 10.9. The molecule has 5 nitrogen and oxygen atoms in total. The predicted molar refractivity (Wildman–Crippen MR) is 65.9 cm³/mol. The van der Waals surface area contributed by atoms with Crippen molar-refractivity contribution in [2.24, 2.45) is 0 Å². The lowest BCUT2D eigenvalue weighted by Gasteiger charge is -2.03. The van der Waals surface area contributed by atoms with Gasteiger partial charge < -0.3 is 5.73 Å². The number of nitrogen functional groups attached to an aromatic ring is 1. The lowest BCUT2D eigenvalue weighted by molar-refractivity contribution is 0.485. The van der Waals surface area contributed by atoms with Gasteiger partial charge in [0.2, 0.25) is 5.95 Å². The summed E-state index contributed by atoms with van der Waals surface area (Å²) in [5.41, 5.74) is 6.94. The number of nitrogens with zero attached hydrogens (tertiary/aromatic N) is 4. The van der Waals surface area contributed by atoms with E-state index in [0.29, 0.717) is 11.4 Å². The molecular formula is C12H10FN5. The summed E-state index contributed by atoms with van der Waals surface area (Å²) in [6, 6.07) is 7.02. The second kappa shape index (κ2) is 4.06. The highest BCUT2D eigenvalue weighted by molar-refractivity contribution is 5.80. The van der Waals surface area contributed by atoms with Crippen molar-refractivity contribution in [2.75, 3.05) is 5.73 Å². The molecule has 0 bridgehead atoms. The molecule has 0 saturated heterocycles. The molecule has 0 fully saturated rings. The average molecular weight is 243 g/mol. The molecule has 3 rings (SSSR count). The van der Waals surface area contributed by atoms with Crippen LogP contribution < -0.4 is 5.73 Å². The molecule has 6 heteroatoms. The first-order valence-corrected chi connectivity index (χ1v) is 5.39. The average Bonchev–Trinajstić information content (AvgIpc) is 2.81. The number of hydrogen-bond donors (Lipinski definition) is 1. The largest absolute Gasteiger partial charge is 0.368 e. The number of rotatable bonds is 2. The van der Waals surface area contributed by atoms with E-state index < -0.39 is 6.67 Å². The molecule has 0 aliphatic rings. The zero-order valence-electron chi connectivity index (χ0n) is 9.42. The molecular weight excluding hydrogens is 233 g/mol. The Labute approximate surface area is 102 Å². The van der Waals surface area contributed by atoms with Crippen LogP contribution in [-0.2, 0) is 6.67 Å². The van der Waals surface area contributed by atoms with E-state index in [4.69, 9.17) is 5.73 Å². The van der Waals surface area contributed by atoms with Crippen LogP contribution in [0.3, 0.4) is 0 Å². The Morgan fingerprint density at radius 2 is 2.17 bits per heavy atom. The minimum absolute atomic E-state index is 0.179. The fourth-order valence-electron chi connectivity index (χ4n) is 1.81. The summed E-state index contributed by atoms with van der Waals surface area (Å²) < 4.78 is 14.3. The van der Waals surface area contributed by atoms with Crippen molar-refractivity contribution in [1.29, 1.82) is 0 Å². The van der Waals surface area contributed by atoms with Crippen LogP contribution in [0.5, 0.6) is 0 Å². The van der Waals surface area contributed by atoms with Gasteiger partial charge in [-0.25, -0.2) is 14.1 Å². The van der Waals surface area contributed by atoms with Gasteiger partial charge in [-0.05, 0) is 11.6 Å². The van der Waals surface area contributed by atoms with Crippen molar-refractivity contribution in [3.8, 4) is 5.82 Å². The number of alkyl halides is 1. The zero-order chi connectivity index (χ0) is 12.5. The van der Waals surface area contributed by atoms with Crippen LogP contribution in [0.4, 0.5) is 10.3 Å². The van der Waals surface area contributed by atoms with Gasteiger partial charge in [-0.2, -0.15) is 10.1 Å². The quantitative estimate of drug-likeness (QED) is 0.746. The van der Waals surface area contributed by atoms with Gasteiger partial charge in [-0.3, -0.25) is 0 Å². The van der Waals surface area contributed by atoms with E-state index in [2.05, 4.69) is 15.1 Å². The standard InChI is InChI=1S/C12H10FN5/c13-6-8-1-2-9-7-16-18(10(9)5-8)11-3-4-15-12(14)17-11/h1-5,7H,6H2,(H2,14,15,17). The number of halogens is 1. The number of nitrogens with two attached hydrogens (primary N) is 1. The first kappa shape index (κ1) is 10.6. The molecule has 90 valence electrons. The first-order valence-electron chi connectivity index (χ1n) is 5.39. The molecule has 0 atom stereocenters. The molecule has 0 spiro atoms. The summed E-state index contributed by atoms with van der Waals surface area (Å²) in [6.07, 6.45) is 3.26. The van der Waals surface area contributed by atoms with Crippen molar-refractivity contribution < 1.29 is 4.39 Å². The van der Waals surface area contributed by atoms with Gasteiger partial charge in [0.05, 0.1) is 11.7 Å². The van der Waals surface area contributed by atoms with E-state index in [1.807, 2.05) is 6.07 Å². The molecule has 1 aromatic carbocycles. The fraction of sp³-hybridized carbons (Fsp3) is 0.0833. The Bertz CT molecular complexity index is 707. The van der Waals surface area contributed by atoms with Crippen molar-refractivity contribution in [2.45, 2.75) is 6.67 Å². The van der Waals surface area contributed by atoms with Gasteiger partial charge >= 0.3 is 0 Å². The maximum Gasteiger partial charge on any atom is 0.221 e. The van der Waals surface area contributed by atoms with E-state index in [9.17, 15) is 4.39 Å². The molecule has 3 aromatic rings. The third-order valence-corrected chi connectivity index (χ3v) is 2.67. The minimum Gasteiger partial charge on any atom is -0.368 e. The van der Waals surface area contributed by atoms with Crippen LogP contribution in [-0.4, -0.2) is 19.7 Å². The van der Waals surface area contributed by atoms with Crippen molar-refractivity contribution in [1.82, 2.24) is 19.7 Å². The smallest absolute Gasteiger partial charge is 0.221 e. The van der Waals surface area contributed by atoms with E-state index in [1.54, 1.807) is 35.3 Å². The Balaban J connectivity index is 2.22. The zero-order valence-corrected chi connectivity index (χ0v) is 9.42. The molecule has 18 heavy (non-hydrogen) atoms. The van der Waals surface area contributed by atoms with Crippen molar-refractivity contribution >= 4 is 16.9 Å². The monoisotopic (exact) mass is 243 g/mol. The SMILES string of the molecule is Nc1nccc(-n2ncc3ccc(CF)cc32)n1. The number of hydrogen-bond acceptors (Lipinski definition) is 4. The summed E-state index contributed by atoms with van der Waals surface area (Å²) >= 11 is 0. The molecule has 0 amide bonds. The minimum atomic E-state index is -0.507. The maximum absolute atomic E-state index is 12.7. The third kappa shape index (κ3) is 1.67.